The standard InChI is InChI=1S/C12H15BrF3N3O/c1-7-10(13)11(12(14,15)16)18-19(7)6-9(20)17-8-4-2-3-5-8/h8H,2-6H2,1H3,(H,17,20). The molecule has 1 fully saturated rings. The molecule has 0 unspecified atom stereocenters. The van der Waals surface area contributed by atoms with E-state index in [0.717, 1.165) is 30.4 Å². The van der Waals surface area contributed by atoms with Gasteiger partial charge in [-0.15, -0.1) is 0 Å². The Labute approximate surface area is 122 Å². The van der Waals surface area contributed by atoms with Gasteiger partial charge in [0.15, 0.2) is 5.69 Å². The molecule has 4 nitrogen and oxygen atoms in total. The summed E-state index contributed by atoms with van der Waals surface area (Å²) in [5.41, 5.74) is -0.706. The minimum Gasteiger partial charge on any atom is -0.352 e. The Kier molecular flexibility index (Phi) is 4.41. The van der Waals surface area contributed by atoms with Crippen LogP contribution in [-0.2, 0) is 17.5 Å². The van der Waals surface area contributed by atoms with Crippen molar-refractivity contribution in [1.82, 2.24) is 15.1 Å². The van der Waals surface area contributed by atoms with Crippen LogP contribution in [0, 0.1) is 6.92 Å². The molecule has 1 aliphatic rings. The number of carbonyl (C=O) groups is 1. The highest BCUT2D eigenvalue weighted by atomic mass is 79.9. The summed E-state index contributed by atoms with van der Waals surface area (Å²) in [5, 5.41) is 6.30. The van der Waals surface area contributed by atoms with Gasteiger partial charge in [-0.1, -0.05) is 12.8 Å². The first-order valence-corrected chi connectivity index (χ1v) is 7.18. The Bertz CT molecular complexity index is 507. The average Bonchev–Trinajstić information content (AvgIpc) is 2.92. The highest BCUT2D eigenvalue weighted by Crippen LogP contribution is 2.35. The largest absolute Gasteiger partial charge is 0.436 e. The first-order chi connectivity index (χ1) is 9.29. The zero-order valence-corrected chi connectivity index (χ0v) is 12.5. The summed E-state index contributed by atoms with van der Waals surface area (Å²) in [6, 6.07) is 0.142. The quantitative estimate of drug-likeness (QED) is 0.907. The maximum Gasteiger partial charge on any atom is 0.436 e. The molecule has 0 radical (unpaired) electrons. The molecular weight excluding hydrogens is 339 g/mol. The first kappa shape index (κ1) is 15.3. The van der Waals surface area contributed by atoms with Crippen LogP contribution in [0.25, 0.3) is 0 Å². The number of alkyl halides is 3. The van der Waals surface area contributed by atoms with E-state index in [2.05, 4.69) is 26.3 Å². The van der Waals surface area contributed by atoms with Crippen LogP contribution in [0.5, 0.6) is 0 Å². The van der Waals surface area contributed by atoms with Gasteiger partial charge in [-0.3, -0.25) is 9.48 Å². The van der Waals surface area contributed by atoms with E-state index in [-0.39, 0.29) is 23.0 Å². The second kappa shape index (κ2) is 5.75. The summed E-state index contributed by atoms with van der Waals surface area (Å²) in [5.74, 6) is -0.302. The fraction of sp³-hybridized carbons (Fsp3) is 0.667. The van der Waals surface area contributed by atoms with Gasteiger partial charge in [0.1, 0.15) is 6.54 Å². The van der Waals surface area contributed by atoms with Gasteiger partial charge in [0, 0.05) is 6.04 Å². The van der Waals surface area contributed by atoms with Gasteiger partial charge in [-0.05, 0) is 35.7 Å². The lowest BCUT2D eigenvalue weighted by Gasteiger charge is -2.12. The molecule has 2 rings (SSSR count). The topological polar surface area (TPSA) is 46.9 Å². The summed E-state index contributed by atoms with van der Waals surface area (Å²) >= 11 is 2.88. The molecule has 1 heterocycles. The summed E-state index contributed by atoms with van der Waals surface area (Å²) in [6.07, 6.45) is -0.509. The number of carbonyl (C=O) groups excluding carboxylic acids is 1. The number of amides is 1. The Hall–Kier alpha value is -1.05. The second-order valence-corrected chi connectivity index (χ2v) is 5.75. The van der Waals surface area contributed by atoms with E-state index in [1.807, 2.05) is 0 Å². The SMILES string of the molecule is Cc1c(Br)c(C(F)(F)F)nn1CC(=O)NC1CCCC1. The molecule has 1 aromatic heterocycles. The highest BCUT2D eigenvalue weighted by molar-refractivity contribution is 9.10. The molecule has 1 aromatic rings. The van der Waals surface area contributed by atoms with E-state index in [1.165, 1.54) is 6.92 Å². The van der Waals surface area contributed by atoms with Crippen molar-refractivity contribution in [1.29, 1.82) is 0 Å². The third kappa shape index (κ3) is 3.34. The van der Waals surface area contributed by atoms with Crippen LogP contribution >= 0.6 is 15.9 Å². The maximum atomic E-state index is 12.7. The Balaban J connectivity index is 2.07. The Morgan fingerprint density at radius 1 is 1.45 bits per heavy atom. The molecule has 0 aromatic carbocycles. The Morgan fingerprint density at radius 2 is 2.05 bits per heavy atom. The number of rotatable bonds is 3. The van der Waals surface area contributed by atoms with E-state index >= 15 is 0 Å². The van der Waals surface area contributed by atoms with Crippen molar-refractivity contribution >= 4 is 21.8 Å². The third-order valence-electron chi connectivity index (χ3n) is 3.42. The lowest BCUT2D eigenvalue weighted by molar-refractivity contribution is -0.142. The zero-order valence-electron chi connectivity index (χ0n) is 10.9. The number of hydrogen-bond donors (Lipinski definition) is 1. The number of hydrogen-bond acceptors (Lipinski definition) is 2. The minimum absolute atomic E-state index is 0.112. The fourth-order valence-electron chi connectivity index (χ4n) is 2.34. The van der Waals surface area contributed by atoms with E-state index in [4.69, 9.17) is 0 Å². The van der Waals surface area contributed by atoms with Crippen molar-refractivity contribution < 1.29 is 18.0 Å². The smallest absolute Gasteiger partial charge is 0.352 e. The normalized spacial score (nSPS) is 16.6. The summed E-state index contributed by atoms with van der Waals surface area (Å²) < 4.78 is 39.1. The van der Waals surface area contributed by atoms with Gasteiger partial charge in [0.05, 0.1) is 10.2 Å². The number of nitrogens with zero attached hydrogens (tertiary/aromatic N) is 2. The molecule has 8 heteroatoms. The molecule has 20 heavy (non-hydrogen) atoms. The van der Waals surface area contributed by atoms with Gasteiger partial charge >= 0.3 is 6.18 Å². The molecule has 112 valence electrons. The average molecular weight is 354 g/mol. The van der Waals surface area contributed by atoms with Crippen LogP contribution in [-0.4, -0.2) is 21.7 Å². The lowest BCUT2D eigenvalue weighted by atomic mass is 10.2. The number of halogens is 4. The number of nitrogens with one attached hydrogen (secondary N) is 1. The molecule has 0 saturated heterocycles. The molecule has 0 spiro atoms. The molecule has 1 aliphatic carbocycles. The van der Waals surface area contributed by atoms with E-state index < -0.39 is 11.9 Å². The molecule has 1 saturated carbocycles. The van der Waals surface area contributed by atoms with Crippen molar-refractivity contribution in [3.63, 3.8) is 0 Å². The second-order valence-electron chi connectivity index (χ2n) is 4.95. The Morgan fingerprint density at radius 3 is 2.55 bits per heavy atom. The van der Waals surface area contributed by atoms with Gasteiger partial charge in [0.25, 0.3) is 0 Å². The van der Waals surface area contributed by atoms with Crippen LogP contribution in [0.3, 0.4) is 0 Å². The zero-order chi connectivity index (χ0) is 14.9. The highest BCUT2D eigenvalue weighted by Gasteiger charge is 2.38. The minimum atomic E-state index is -4.53. The van der Waals surface area contributed by atoms with E-state index in [1.54, 1.807) is 0 Å². The van der Waals surface area contributed by atoms with Crippen LogP contribution in [0.15, 0.2) is 4.47 Å². The van der Waals surface area contributed by atoms with Crippen molar-refractivity contribution in [2.24, 2.45) is 0 Å². The maximum absolute atomic E-state index is 12.7. The predicted molar refractivity (Wildman–Crippen MR) is 70.1 cm³/mol. The van der Waals surface area contributed by atoms with E-state index in [9.17, 15) is 18.0 Å². The van der Waals surface area contributed by atoms with Crippen molar-refractivity contribution in [3.05, 3.63) is 15.9 Å². The predicted octanol–water partition coefficient (Wildman–Crippen LogP) is 3.03. The molecule has 1 amide bonds. The fourth-order valence-corrected chi connectivity index (χ4v) is 2.85. The first-order valence-electron chi connectivity index (χ1n) is 6.38. The van der Waals surface area contributed by atoms with Crippen LogP contribution < -0.4 is 5.32 Å². The molecule has 0 atom stereocenters. The van der Waals surface area contributed by atoms with Gasteiger partial charge in [-0.2, -0.15) is 18.3 Å². The van der Waals surface area contributed by atoms with Gasteiger partial charge in [0.2, 0.25) is 5.91 Å². The van der Waals surface area contributed by atoms with Crippen LogP contribution in [0.1, 0.15) is 37.1 Å². The third-order valence-corrected chi connectivity index (χ3v) is 4.36. The van der Waals surface area contributed by atoms with Crippen molar-refractivity contribution in [3.8, 4) is 0 Å². The summed E-state index contributed by atoms with van der Waals surface area (Å²) in [7, 11) is 0. The molecule has 0 bridgehead atoms. The van der Waals surface area contributed by atoms with Crippen LogP contribution in [0.4, 0.5) is 13.2 Å². The summed E-state index contributed by atoms with van der Waals surface area (Å²) in [6.45, 7) is 1.30. The molecular formula is C12H15BrF3N3O. The molecule has 1 N–H and O–H groups in total. The monoisotopic (exact) mass is 353 g/mol. The molecule has 0 aliphatic heterocycles. The number of aromatic nitrogens is 2. The van der Waals surface area contributed by atoms with Crippen LogP contribution in [0.2, 0.25) is 0 Å². The van der Waals surface area contributed by atoms with E-state index in [0.29, 0.717) is 5.69 Å². The van der Waals surface area contributed by atoms with Crippen molar-refractivity contribution in [2.45, 2.75) is 51.4 Å². The van der Waals surface area contributed by atoms with Gasteiger partial charge in [-0.25, -0.2) is 0 Å². The summed E-state index contributed by atoms with van der Waals surface area (Å²) in [4.78, 5) is 11.8. The van der Waals surface area contributed by atoms with Gasteiger partial charge < -0.3 is 5.32 Å². The lowest BCUT2D eigenvalue weighted by Crippen LogP contribution is -2.35. The van der Waals surface area contributed by atoms with Crippen molar-refractivity contribution in [2.75, 3.05) is 0 Å².